The van der Waals surface area contributed by atoms with Gasteiger partial charge in [0.1, 0.15) is 9.57 Å². The van der Waals surface area contributed by atoms with Gasteiger partial charge in [-0.15, -0.1) is 0 Å². The molecule has 3 nitrogen and oxygen atoms in total. The molecule has 1 aliphatic heterocycles. The average Bonchev–Trinajstić information content (AvgIpc) is 2.74. The zero-order valence-corrected chi connectivity index (χ0v) is 16.7. The predicted octanol–water partition coefficient (Wildman–Crippen LogP) is 4.28. The van der Waals surface area contributed by atoms with Crippen molar-refractivity contribution in [3.8, 4) is 5.75 Å². The molecule has 1 N–H and O–H groups in total. The molecule has 0 radical (unpaired) electrons. The van der Waals surface area contributed by atoms with Crippen LogP contribution in [-0.2, 0) is 13.0 Å². The van der Waals surface area contributed by atoms with Crippen molar-refractivity contribution in [2.45, 2.75) is 26.3 Å². The van der Waals surface area contributed by atoms with Crippen LogP contribution in [0.25, 0.3) is 0 Å². The van der Waals surface area contributed by atoms with E-state index in [2.05, 4.69) is 29.8 Å². The summed E-state index contributed by atoms with van der Waals surface area (Å²) < 4.78 is 1.00. The van der Waals surface area contributed by atoms with Gasteiger partial charge in [-0.3, -0.25) is 4.90 Å². The van der Waals surface area contributed by atoms with Crippen LogP contribution < -0.4 is 0 Å². The van der Waals surface area contributed by atoms with Gasteiger partial charge in [-0.2, -0.15) is 0 Å². The number of aromatic hydroxyl groups is 1. The highest BCUT2D eigenvalue weighted by molar-refractivity contribution is 7.79. The summed E-state index contributed by atoms with van der Waals surface area (Å²) in [6.07, 6.45) is 2.05. The molecule has 0 aliphatic carbocycles. The van der Waals surface area contributed by atoms with E-state index in [0.29, 0.717) is 5.75 Å². The molecule has 0 spiro atoms. The van der Waals surface area contributed by atoms with Crippen molar-refractivity contribution in [3.05, 3.63) is 43.6 Å². The van der Waals surface area contributed by atoms with Gasteiger partial charge in [-0.1, -0.05) is 45.0 Å². The minimum absolute atomic E-state index is 0.403. The van der Waals surface area contributed by atoms with Crippen molar-refractivity contribution in [3.63, 3.8) is 0 Å². The molecule has 6 heteroatoms. The first-order valence-corrected chi connectivity index (χ1v) is 10.9. The molecule has 0 atom stereocenters. The Labute approximate surface area is 156 Å². The summed E-state index contributed by atoms with van der Waals surface area (Å²) in [4.78, 5) is 6.14. The number of phenolic OH excluding ortho intramolecular Hbond substituents is 1. The highest BCUT2D eigenvalue weighted by Crippen LogP contribution is 2.28. The number of phenols is 1. The van der Waals surface area contributed by atoms with Gasteiger partial charge in [0.25, 0.3) is 0 Å². The minimum atomic E-state index is 0.403. The van der Waals surface area contributed by atoms with Crippen molar-refractivity contribution in [2.24, 2.45) is 0 Å². The Morgan fingerprint density at radius 2 is 2.00 bits per heavy atom. The Bertz CT molecular complexity index is 753. The molecule has 1 fully saturated rings. The van der Waals surface area contributed by atoms with Crippen molar-refractivity contribution in [1.29, 1.82) is 0 Å². The molecule has 2 heterocycles. The van der Waals surface area contributed by atoms with E-state index in [4.69, 9.17) is 12.2 Å². The number of likely N-dealkylation sites (N-methyl/N-ethyl adjacent to an activating group) is 1. The highest BCUT2D eigenvalue weighted by Gasteiger charge is 2.15. The summed E-state index contributed by atoms with van der Waals surface area (Å²) in [6, 6.07) is 6.01. The number of rotatable bonds is 4. The molecule has 1 aromatic heterocycles. The third-order valence-corrected chi connectivity index (χ3v) is 7.94. The Kier molecular flexibility index (Phi) is 6.05. The van der Waals surface area contributed by atoms with Crippen LogP contribution in [0.15, 0.2) is 18.2 Å². The van der Waals surface area contributed by atoms with Crippen LogP contribution in [0.1, 0.15) is 28.0 Å². The van der Waals surface area contributed by atoms with E-state index >= 15 is 0 Å². The maximum absolute atomic E-state index is 10.3. The molecule has 24 heavy (non-hydrogen) atoms. The molecule has 1 aliphatic rings. The maximum Gasteiger partial charge on any atom is 0.120 e. The fraction of sp³-hybridized carbons (Fsp3) is 0.500. The molecule has 130 valence electrons. The fourth-order valence-corrected chi connectivity index (χ4v) is 5.79. The predicted molar refractivity (Wildman–Crippen MR) is 106 cm³/mol. The monoisotopic (exact) mass is 380 g/mol. The van der Waals surface area contributed by atoms with Crippen molar-refractivity contribution in [1.82, 2.24) is 9.80 Å². The van der Waals surface area contributed by atoms with Gasteiger partial charge in [0.2, 0.25) is 0 Å². The van der Waals surface area contributed by atoms with Crippen LogP contribution in [0, 0.1) is 10.7 Å². The van der Waals surface area contributed by atoms with Crippen molar-refractivity contribution >= 4 is 32.9 Å². The molecule has 0 bridgehead atoms. The lowest BCUT2D eigenvalue weighted by Crippen LogP contribution is -2.28. The molecule has 1 saturated heterocycles. The van der Waals surface area contributed by atoms with Gasteiger partial charge in [0.05, 0.1) is 0 Å². The van der Waals surface area contributed by atoms with E-state index in [1.165, 1.54) is 22.4 Å². The quantitative estimate of drug-likeness (QED) is 0.633. The van der Waals surface area contributed by atoms with Crippen LogP contribution in [0.2, 0.25) is 0 Å². The Morgan fingerprint density at radius 3 is 2.75 bits per heavy atom. The maximum atomic E-state index is 10.3. The van der Waals surface area contributed by atoms with E-state index in [-0.39, 0.29) is 0 Å². The van der Waals surface area contributed by atoms with E-state index in [1.54, 1.807) is 20.7 Å². The van der Waals surface area contributed by atoms with Crippen LogP contribution >= 0.6 is 32.9 Å². The normalized spacial score (nSPS) is 17.1. The summed E-state index contributed by atoms with van der Waals surface area (Å²) in [7, 11) is 5.63. The number of hydrogen-bond donors (Lipinski definition) is 1. The SMILES string of the molecule is Cc1ssc(=S)c1Cc1ccc(O)c(CN2CCCN(C)CC2)c1. The highest BCUT2D eigenvalue weighted by atomic mass is 32.9. The number of nitrogens with zero attached hydrogens (tertiary/aromatic N) is 2. The second-order valence-corrected chi connectivity index (χ2v) is 9.58. The Balaban J connectivity index is 1.75. The summed E-state index contributed by atoms with van der Waals surface area (Å²) >= 11 is 5.45. The summed E-state index contributed by atoms with van der Waals surface area (Å²) in [6.45, 7) is 7.36. The van der Waals surface area contributed by atoms with Crippen molar-refractivity contribution < 1.29 is 5.11 Å². The van der Waals surface area contributed by atoms with Crippen molar-refractivity contribution in [2.75, 3.05) is 33.2 Å². The third-order valence-electron chi connectivity index (χ3n) is 4.64. The van der Waals surface area contributed by atoms with Crippen LogP contribution in [0.3, 0.4) is 0 Å². The average molecular weight is 381 g/mol. The lowest BCUT2D eigenvalue weighted by Gasteiger charge is -2.21. The molecular formula is C18H24N2OS3. The van der Waals surface area contributed by atoms with E-state index < -0.39 is 0 Å². The Hall–Kier alpha value is -0.790. The first kappa shape index (κ1) is 18.0. The molecule has 3 rings (SSSR count). The van der Waals surface area contributed by atoms with E-state index in [1.807, 2.05) is 12.1 Å². The summed E-state index contributed by atoms with van der Waals surface area (Å²) in [5.41, 5.74) is 3.53. The summed E-state index contributed by atoms with van der Waals surface area (Å²) in [5.74, 6) is 0.403. The molecule has 0 unspecified atom stereocenters. The van der Waals surface area contributed by atoms with Gasteiger partial charge in [-0.05, 0) is 50.7 Å². The number of benzene rings is 1. The third kappa shape index (κ3) is 4.43. The first-order chi connectivity index (χ1) is 11.5. The zero-order valence-electron chi connectivity index (χ0n) is 14.2. The molecule has 0 amide bonds. The largest absolute Gasteiger partial charge is 0.508 e. The number of hydrogen-bond acceptors (Lipinski definition) is 6. The van der Waals surface area contributed by atoms with Gasteiger partial charge < -0.3 is 10.0 Å². The molecule has 0 saturated carbocycles. The van der Waals surface area contributed by atoms with Gasteiger partial charge in [-0.25, -0.2) is 0 Å². The fourth-order valence-electron chi connectivity index (χ4n) is 3.12. The van der Waals surface area contributed by atoms with Gasteiger partial charge in [0, 0.05) is 36.5 Å². The summed E-state index contributed by atoms with van der Waals surface area (Å²) in [5, 5.41) is 10.3. The Morgan fingerprint density at radius 1 is 1.17 bits per heavy atom. The first-order valence-electron chi connectivity index (χ1n) is 8.33. The lowest BCUT2D eigenvalue weighted by atomic mass is 10.0. The van der Waals surface area contributed by atoms with E-state index in [9.17, 15) is 5.11 Å². The smallest absolute Gasteiger partial charge is 0.120 e. The molecule has 1 aromatic carbocycles. The standard InChI is InChI=1S/C18H24N2OS3/c1-13-16(18(22)24-23-13)11-14-4-5-17(21)15(10-14)12-20-7-3-6-19(2)8-9-20/h4-5,10,21H,3,6-9,11-12H2,1-2H3. The van der Waals surface area contributed by atoms with Crippen LogP contribution in [0.5, 0.6) is 5.75 Å². The van der Waals surface area contributed by atoms with E-state index in [0.717, 1.165) is 48.5 Å². The number of aryl methyl sites for hydroxylation is 1. The minimum Gasteiger partial charge on any atom is -0.508 e. The molecule has 2 aromatic rings. The second kappa shape index (κ2) is 8.06. The zero-order chi connectivity index (χ0) is 17.1. The van der Waals surface area contributed by atoms with Gasteiger partial charge >= 0.3 is 0 Å². The lowest BCUT2D eigenvalue weighted by molar-refractivity contribution is 0.266. The van der Waals surface area contributed by atoms with Crippen LogP contribution in [0.4, 0.5) is 0 Å². The molecular weight excluding hydrogens is 356 g/mol. The second-order valence-electron chi connectivity index (χ2n) is 6.56. The van der Waals surface area contributed by atoms with Crippen LogP contribution in [-0.4, -0.2) is 48.1 Å². The van der Waals surface area contributed by atoms with Gasteiger partial charge in [0.15, 0.2) is 0 Å². The topological polar surface area (TPSA) is 26.7 Å².